The van der Waals surface area contributed by atoms with E-state index in [1.54, 1.807) is 13.0 Å². The van der Waals surface area contributed by atoms with Crippen molar-refractivity contribution >= 4 is 22.4 Å². The maximum atomic E-state index is 11.6. The van der Waals surface area contributed by atoms with E-state index in [0.29, 0.717) is 0 Å². The van der Waals surface area contributed by atoms with Crippen LogP contribution in [0.5, 0.6) is 0 Å². The van der Waals surface area contributed by atoms with Gasteiger partial charge in [0.15, 0.2) is 10.8 Å². The number of carbonyl (C=O) groups is 1. The van der Waals surface area contributed by atoms with Gasteiger partial charge in [-0.1, -0.05) is 11.3 Å². The summed E-state index contributed by atoms with van der Waals surface area (Å²) in [5.41, 5.74) is 5.35. The molecule has 0 saturated heterocycles. The molecule has 4 N–H and O–H groups in total. The number of esters is 1. The maximum Gasteiger partial charge on any atom is 0.358 e. The number of nitrogen functional groups attached to an aromatic ring is 1. The standard InChI is InChI=1S/C10H13N3O4S/c1-2-17-9(16)6-8(18-10(12)13-6)7(15)5(14)3-4-11/h5,7,14-15H,2-3H2,1H3,(H2,12,13). The summed E-state index contributed by atoms with van der Waals surface area (Å²) >= 11 is 0.877. The molecular weight excluding hydrogens is 258 g/mol. The predicted octanol–water partition coefficient (Wildman–Crippen LogP) is 0.210. The Morgan fingerprint density at radius 3 is 2.89 bits per heavy atom. The van der Waals surface area contributed by atoms with Gasteiger partial charge in [-0.25, -0.2) is 9.78 Å². The van der Waals surface area contributed by atoms with Crippen LogP contribution in [0.4, 0.5) is 5.13 Å². The summed E-state index contributed by atoms with van der Waals surface area (Å²) in [5.74, 6) is -0.719. The Balaban J connectivity index is 3.01. The third-order valence-corrected chi connectivity index (χ3v) is 3.03. The van der Waals surface area contributed by atoms with Crippen molar-refractivity contribution in [2.75, 3.05) is 12.3 Å². The van der Waals surface area contributed by atoms with Gasteiger partial charge in [0.1, 0.15) is 6.10 Å². The van der Waals surface area contributed by atoms with Crippen molar-refractivity contribution in [2.24, 2.45) is 0 Å². The number of carbonyl (C=O) groups excluding carboxylic acids is 1. The Hall–Kier alpha value is -1.69. The number of aromatic nitrogens is 1. The first-order chi connectivity index (χ1) is 8.51. The first-order valence-corrected chi connectivity index (χ1v) is 5.99. The van der Waals surface area contributed by atoms with Crippen LogP contribution in [0, 0.1) is 11.3 Å². The number of aliphatic hydroxyl groups excluding tert-OH is 2. The second-order valence-corrected chi connectivity index (χ2v) is 4.42. The van der Waals surface area contributed by atoms with Crippen LogP contribution in [0.3, 0.4) is 0 Å². The van der Waals surface area contributed by atoms with E-state index in [0.717, 1.165) is 11.3 Å². The predicted molar refractivity (Wildman–Crippen MR) is 63.7 cm³/mol. The molecule has 0 aliphatic rings. The molecule has 1 rings (SSSR count). The number of nitrogens with two attached hydrogens (primary N) is 1. The zero-order valence-corrected chi connectivity index (χ0v) is 10.5. The largest absolute Gasteiger partial charge is 0.461 e. The Bertz CT molecular complexity index is 468. The molecule has 1 aromatic rings. The van der Waals surface area contributed by atoms with Gasteiger partial charge in [0.25, 0.3) is 0 Å². The van der Waals surface area contributed by atoms with E-state index < -0.39 is 18.2 Å². The van der Waals surface area contributed by atoms with Crippen molar-refractivity contribution in [1.82, 2.24) is 4.98 Å². The second-order valence-electron chi connectivity index (χ2n) is 3.36. The summed E-state index contributed by atoms with van der Waals surface area (Å²) in [5, 5.41) is 27.9. The highest BCUT2D eigenvalue weighted by Crippen LogP contribution is 2.30. The van der Waals surface area contributed by atoms with Gasteiger partial charge in [0.2, 0.25) is 0 Å². The highest BCUT2D eigenvalue weighted by atomic mass is 32.1. The van der Waals surface area contributed by atoms with E-state index in [-0.39, 0.29) is 28.7 Å². The fourth-order valence-corrected chi connectivity index (χ4v) is 2.14. The molecule has 7 nitrogen and oxygen atoms in total. The van der Waals surface area contributed by atoms with Gasteiger partial charge in [-0.15, -0.1) is 0 Å². The molecular formula is C10H13N3O4S. The molecule has 98 valence electrons. The molecule has 1 heterocycles. The van der Waals surface area contributed by atoms with Gasteiger partial charge < -0.3 is 20.7 Å². The molecule has 0 bridgehead atoms. The lowest BCUT2D eigenvalue weighted by molar-refractivity contribution is 0.0219. The van der Waals surface area contributed by atoms with Crippen LogP contribution in [-0.4, -0.2) is 33.9 Å². The van der Waals surface area contributed by atoms with Crippen molar-refractivity contribution in [1.29, 1.82) is 5.26 Å². The zero-order chi connectivity index (χ0) is 13.7. The number of hydrogen-bond acceptors (Lipinski definition) is 8. The number of nitriles is 1. The van der Waals surface area contributed by atoms with Gasteiger partial charge in [-0.2, -0.15) is 5.26 Å². The number of rotatable bonds is 5. The van der Waals surface area contributed by atoms with Crippen LogP contribution in [0.1, 0.15) is 34.8 Å². The van der Waals surface area contributed by atoms with Crippen LogP contribution >= 0.6 is 11.3 Å². The minimum Gasteiger partial charge on any atom is -0.461 e. The molecule has 0 aromatic carbocycles. The summed E-state index contributed by atoms with van der Waals surface area (Å²) in [7, 11) is 0. The monoisotopic (exact) mass is 271 g/mol. The molecule has 0 aliphatic carbocycles. The van der Waals surface area contributed by atoms with Crippen LogP contribution in [-0.2, 0) is 4.74 Å². The summed E-state index contributed by atoms with van der Waals surface area (Å²) in [4.78, 5) is 15.4. The number of ether oxygens (including phenoxy) is 1. The fourth-order valence-electron chi connectivity index (χ4n) is 1.28. The molecule has 18 heavy (non-hydrogen) atoms. The van der Waals surface area contributed by atoms with Crippen molar-refractivity contribution in [2.45, 2.75) is 25.6 Å². The normalized spacial score (nSPS) is 13.7. The van der Waals surface area contributed by atoms with E-state index in [1.807, 2.05) is 0 Å². The third kappa shape index (κ3) is 3.16. The summed E-state index contributed by atoms with van der Waals surface area (Å²) < 4.78 is 4.76. The lowest BCUT2D eigenvalue weighted by Crippen LogP contribution is -2.19. The Kier molecular flexibility index (Phi) is 5.03. The molecule has 1 aromatic heterocycles. The Morgan fingerprint density at radius 1 is 1.67 bits per heavy atom. The van der Waals surface area contributed by atoms with Gasteiger partial charge in [-0.3, -0.25) is 0 Å². The quantitative estimate of drug-likeness (QED) is 0.652. The van der Waals surface area contributed by atoms with E-state index in [4.69, 9.17) is 15.7 Å². The van der Waals surface area contributed by atoms with Crippen molar-refractivity contribution < 1.29 is 19.7 Å². The highest BCUT2D eigenvalue weighted by Gasteiger charge is 2.28. The van der Waals surface area contributed by atoms with Crippen LogP contribution in [0.15, 0.2) is 0 Å². The van der Waals surface area contributed by atoms with Crippen molar-refractivity contribution in [3.63, 3.8) is 0 Å². The van der Waals surface area contributed by atoms with Crippen LogP contribution in [0.25, 0.3) is 0 Å². The topological polar surface area (TPSA) is 129 Å². The van der Waals surface area contributed by atoms with Gasteiger partial charge in [-0.05, 0) is 6.92 Å². The maximum absolute atomic E-state index is 11.6. The molecule has 2 atom stereocenters. The van der Waals surface area contributed by atoms with Gasteiger partial charge in [0, 0.05) is 0 Å². The highest BCUT2D eigenvalue weighted by molar-refractivity contribution is 7.15. The summed E-state index contributed by atoms with van der Waals surface area (Å²) in [6, 6.07) is 1.73. The average Bonchev–Trinajstić information content (AvgIpc) is 2.71. The van der Waals surface area contributed by atoms with Crippen molar-refractivity contribution in [3.05, 3.63) is 10.6 Å². The zero-order valence-electron chi connectivity index (χ0n) is 9.66. The lowest BCUT2D eigenvalue weighted by atomic mass is 10.1. The summed E-state index contributed by atoms with van der Waals surface area (Å²) in [6.07, 6.45) is -2.96. The van der Waals surface area contributed by atoms with E-state index in [2.05, 4.69) is 4.98 Å². The number of hydrogen-bond donors (Lipinski definition) is 3. The Labute approximate surface area is 107 Å². The number of aliphatic hydroxyl groups is 2. The average molecular weight is 271 g/mol. The van der Waals surface area contributed by atoms with E-state index in [1.165, 1.54) is 0 Å². The van der Waals surface area contributed by atoms with E-state index >= 15 is 0 Å². The smallest absolute Gasteiger partial charge is 0.358 e. The molecule has 8 heteroatoms. The molecule has 0 aliphatic heterocycles. The van der Waals surface area contributed by atoms with Gasteiger partial charge in [0.05, 0.1) is 30.1 Å². The second kappa shape index (κ2) is 6.30. The minimum absolute atomic E-state index is 0.0799. The third-order valence-electron chi connectivity index (χ3n) is 2.07. The molecule has 0 radical (unpaired) electrons. The van der Waals surface area contributed by atoms with Gasteiger partial charge >= 0.3 is 5.97 Å². The molecule has 0 spiro atoms. The fraction of sp³-hybridized carbons (Fsp3) is 0.500. The molecule has 0 amide bonds. The van der Waals surface area contributed by atoms with Crippen LogP contribution < -0.4 is 5.73 Å². The van der Waals surface area contributed by atoms with Crippen molar-refractivity contribution in [3.8, 4) is 6.07 Å². The summed E-state index contributed by atoms with van der Waals surface area (Å²) in [6.45, 7) is 1.79. The van der Waals surface area contributed by atoms with Crippen LogP contribution in [0.2, 0.25) is 0 Å². The minimum atomic E-state index is -1.39. The number of thiazole rings is 1. The van der Waals surface area contributed by atoms with E-state index in [9.17, 15) is 15.0 Å². The molecule has 2 unspecified atom stereocenters. The Morgan fingerprint density at radius 2 is 2.33 bits per heavy atom. The molecule has 0 saturated carbocycles. The SMILES string of the molecule is CCOC(=O)c1nc(N)sc1C(O)C(O)CC#N. The first-order valence-electron chi connectivity index (χ1n) is 5.17. The number of nitrogens with zero attached hydrogens (tertiary/aromatic N) is 2. The first kappa shape index (κ1) is 14.4. The number of anilines is 1. The molecule has 0 fully saturated rings. The lowest BCUT2D eigenvalue weighted by Gasteiger charge is -2.14.